The normalized spacial score (nSPS) is 13.4. The third kappa shape index (κ3) is 5.32. The van der Waals surface area contributed by atoms with Gasteiger partial charge in [-0.2, -0.15) is 0 Å². The lowest BCUT2D eigenvalue weighted by atomic mass is 10.1. The van der Waals surface area contributed by atoms with Crippen molar-refractivity contribution in [2.75, 3.05) is 0 Å². The average Bonchev–Trinajstić information content (AvgIpc) is 2.49. The summed E-state index contributed by atoms with van der Waals surface area (Å²) in [4.78, 5) is 13.3. The summed E-state index contributed by atoms with van der Waals surface area (Å²) in [6, 6.07) is 12.5. The molecule has 0 spiro atoms. The van der Waals surface area contributed by atoms with Gasteiger partial charge in [-0.05, 0) is 55.8 Å². The molecule has 2 unspecified atom stereocenters. The Hall–Kier alpha value is -0.870. The molecule has 2 rings (SSSR count). The SMILES string of the molecule is CC(Sc1ccc(Cl)cc1)C(=O)NC(C)c1ccc(Cl)cc1Cl. The van der Waals surface area contributed by atoms with Crippen LogP contribution in [0.2, 0.25) is 15.1 Å². The molecular formula is C17H16Cl3NOS. The first-order chi connectivity index (χ1) is 10.9. The molecule has 0 aliphatic heterocycles. The van der Waals surface area contributed by atoms with Crippen LogP contribution in [-0.4, -0.2) is 11.2 Å². The Morgan fingerprint density at radius 1 is 1.00 bits per heavy atom. The van der Waals surface area contributed by atoms with Crippen LogP contribution in [0.15, 0.2) is 47.4 Å². The summed E-state index contributed by atoms with van der Waals surface area (Å²) >= 11 is 19.4. The van der Waals surface area contributed by atoms with Crippen LogP contribution in [0.3, 0.4) is 0 Å². The summed E-state index contributed by atoms with van der Waals surface area (Å²) in [5, 5.41) is 4.54. The van der Waals surface area contributed by atoms with Crippen LogP contribution >= 0.6 is 46.6 Å². The third-order valence-electron chi connectivity index (χ3n) is 3.28. The molecule has 2 aromatic rings. The van der Waals surface area contributed by atoms with Gasteiger partial charge in [0.2, 0.25) is 5.91 Å². The van der Waals surface area contributed by atoms with E-state index in [0.717, 1.165) is 10.5 Å². The maximum Gasteiger partial charge on any atom is 0.233 e. The fourth-order valence-electron chi connectivity index (χ4n) is 2.03. The van der Waals surface area contributed by atoms with E-state index in [0.29, 0.717) is 15.1 Å². The van der Waals surface area contributed by atoms with Gasteiger partial charge < -0.3 is 5.32 Å². The van der Waals surface area contributed by atoms with Crippen molar-refractivity contribution < 1.29 is 4.79 Å². The first-order valence-electron chi connectivity index (χ1n) is 7.04. The third-order valence-corrected chi connectivity index (χ3v) is 5.21. The number of halogens is 3. The Balaban J connectivity index is 1.98. The Morgan fingerprint density at radius 3 is 2.22 bits per heavy atom. The monoisotopic (exact) mass is 387 g/mol. The number of rotatable bonds is 5. The standard InChI is InChI=1S/C17H16Cl3NOS/c1-10(15-8-5-13(19)9-16(15)20)21-17(22)11(2)23-14-6-3-12(18)4-7-14/h3-11H,1-2H3,(H,21,22). The fraction of sp³-hybridized carbons (Fsp3) is 0.235. The van der Waals surface area contributed by atoms with Crippen molar-refractivity contribution >= 4 is 52.5 Å². The predicted molar refractivity (Wildman–Crippen MR) is 99.8 cm³/mol. The fourth-order valence-corrected chi connectivity index (χ4v) is 3.61. The summed E-state index contributed by atoms with van der Waals surface area (Å²) in [6.45, 7) is 3.76. The van der Waals surface area contributed by atoms with Gasteiger partial charge in [0.1, 0.15) is 0 Å². The van der Waals surface area contributed by atoms with Crippen LogP contribution < -0.4 is 5.32 Å². The van der Waals surface area contributed by atoms with E-state index in [1.807, 2.05) is 44.2 Å². The summed E-state index contributed by atoms with van der Waals surface area (Å²) in [5.41, 5.74) is 0.841. The van der Waals surface area contributed by atoms with Gasteiger partial charge >= 0.3 is 0 Å². The number of hydrogen-bond acceptors (Lipinski definition) is 2. The molecule has 0 radical (unpaired) electrons. The van der Waals surface area contributed by atoms with Gasteiger partial charge in [0, 0.05) is 20.0 Å². The number of benzene rings is 2. The number of hydrogen-bond donors (Lipinski definition) is 1. The predicted octanol–water partition coefficient (Wildman–Crippen LogP) is 6.00. The Kier molecular flexibility index (Phi) is 6.66. The lowest BCUT2D eigenvalue weighted by Gasteiger charge is -2.19. The average molecular weight is 389 g/mol. The molecule has 0 aromatic heterocycles. The van der Waals surface area contributed by atoms with E-state index in [4.69, 9.17) is 34.8 Å². The highest BCUT2D eigenvalue weighted by Gasteiger charge is 2.18. The molecule has 6 heteroatoms. The Bertz CT molecular complexity index is 691. The van der Waals surface area contributed by atoms with Gasteiger partial charge in [-0.15, -0.1) is 11.8 Å². The summed E-state index contributed by atoms with van der Waals surface area (Å²) in [7, 11) is 0. The van der Waals surface area contributed by atoms with Crippen molar-refractivity contribution in [3.8, 4) is 0 Å². The van der Waals surface area contributed by atoms with Crippen LogP contribution in [0.4, 0.5) is 0 Å². The Labute approximate surface area is 155 Å². The first-order valence-corrected chi connectivity index (χ1v) is 9.05. The molecule has 0 aliphatic carbocycles. The van der Waals surface area contributed by atoms with Crippen LogP contribution in [0.1, 0.15) is 25.5 Å². The molecule has 0 heterocycles. The highest BCUT2D eigenvalue weighted by atomic mass is 35.5. The summed E-state index contributed by atoms with van der Waals surface area (Å²) in [5.74, 6) is -0.0523. The lowest BCUT2D eigenvalue weighted by Crippen LogP contribution is -2.33. The van der Waals surface area contributed by atoms with Crippen LogP contribution in [-0.2, 0) is 4.79 Å². The summed E-state index contributed by atoms with van der Waals surface area (Å²) < 4.78 is 0. The van der Waals surface area contributed by atoms with Crippen LogP contribution in [0, 0.1) is 0 Å². The Morgan fingerprint density at radius 2 is 1.61 bits per heavy atom. The summed E-state index contributed by atoms with van der Waals surface area (Å²) in [6.07, 6.45) is 0. The lowest BCUT2D eigenvalue weighted by molar-refractivity contribution is -0.120. The molecule has 0 fully saturated rings. The van der Waals surface area contributed by atoms with Crippen molar-refractivity contribution in [3.63, 3.8) is 0 Å². The van der Waals surface area contributed by atoms with Crippen molar-refractivity contribution in [1.29, 1.82) is 0 Å². The van der Waals surface area contributed by atoms with Crippen LogP contribution in [0.5, 0.6) is 0 Å². The molecule has 2 nitrogen and oxygen atoms in total. The molecule has 23 heavy (non-hydrogen) atoms. The minimum Gasteiger partial charge on any atom is -0.349 e. The van der Waals surface area contributed by atoms with E-state index < -0.39 is 0 Å². The van der Waals surface area contributed by atoms with Gasteiger partial charge in [0.05, 0.1) is 11.3 Å². The second-order valence-corrected chi connectivity index (χ2v) is 7.80. The quantitative estimate of drug-likeness (QED) is 0.636. The smallest absolute Gasteiger partial charge is 0.233 e. The number of carbonyl (C=O) groups excluding carboxylic acids is 1. The minimum atomic E-state index is -0.232. The highest BCUT2D eigenvalue weighted by molar-refractivity contribution is 8.00. The highest BCUT2D eigenvalue weighted by Crippen LogP contribution is 2.28. The molecule has 0 aliphatic rings. The number of thioether (sulfide) groups is 1. The molecule has 1 amide bonds. The molecule has 2 aromatic carbocycles. The molecule has 0 saturated carbocycles. The maximum absolute atomic E-state index is 12.3. The van der Waals surface area contributed by atoms with Crippen molar-refractivity contribution in [1.82, 2.24) is 5.32 Å². The first kappa shape index (κ1) is 18.5. The zero-order valence-electron chi connectivity index (χ0n) is 12.6. The zero-order chi connectivity index (χ0) is 17.0. The van der Waals surface area contributed by atoms with Gasteiger partial charge in [-0.1, -0.05) is 40.9 Å². The molecular weight excluding hydrogens is 373 g/mol. The van der Waals surface area contributed by atoms with E-state index in [9.17, 15) is 4.79 Å². The van der Waals surface area contributed by atoms with Gasteiger partial charge in [-0.25, -0.2) is 0 Å². The largest absolute Gasteiger partial charge is 0.349 e. The minimum absolute atomic E-state index is 0.0523. The van der Waals surface area contributed by atoms with Crippen molar-refractivity contribution in [2.24, 2.45) is 0 Å². The molecule has 1 N–H and O–H groups in total. The molecule has 122 valence electrons. The number of carbonyl (C=O) groups is 1. The number of nitrogens with one attached hydrogen (secondary N) is 1. The molecule has 0 saturated heterocycles. The molecule has 2 atom stereocenters. The van der Waals surface area contributed by atoms with E-state index >= 15 is 0 Å². The van der Waals surface area contributed by atoms with E-state index in [1.54, 1.807) is 12.1 Å². The van der Waals surface area contributed by atoms with Gasteiger partial charge in [-0.3, -0.25) is 4.79 Å². The second-order valence-electron chi connectivity index (χ2n) is 5.11. The van der Waals surface area contributed by atoms with Crippen LogP contribution in [0.25, 0.3) is 0 Å². The zero-order valence-corrected chi connectivity index (χ0v) is 15.7. The topological polar surface area (TPSA) is 29.1 Å². The van der Waals surface area contributed by atoms with Crippen molar-refractivity contribution in [2.45, 2.75) is 30.0 Å². The molecule has 0 bridgehead atoms. The number of amides is 1. The maximum atomic E-state index is 12.3. The van der Waals surface area contributed by atoms with E-state index in [-0.39, 0.29) is 17.2 Å². The van der Waals surface area contributed by atoms with E-state index in [2.05, 4.69) is 5.32 Å². The van der Waals surface area contributed by atoms with Crippen molar-refractivity contribution in [3.05, 3.63) is 63.1 Å². The van der Waals surface area contributed by atoms with Gasteiger partial charge in [0.15, 0.2) is 0 Å². The second kappa shape index (κ2) is 8.29. The van der Waals surface area contributed by atoms with Gasteiger partial charge in [0.25, 0.3) is 0 Å². The van der Waals surface area contributed by atoms with E-state index in [1.165, 1.54) is 11.8 Å².